The smallest absolute Gasteiger partial charge is 0.335 e. The molecule has 3 N–H and O–H groups in total. The van der Waals surface area contributed by atoms with Crippen LogP contribution in [0.2, 0.25) is 0 Å². The molecule has 0 bridgehead atoms. The third-order valence-electron chi connectivity index (χ3n) is 6.79. The summed E-state index contributed by atoms with van der Waals surface area (Å²) in [7, 11) is 0. The highest BCUT2D eigenvalue weighted by Gasteiger charge is 2.16. The van der Waals surface area contributed by atoms with E-state index >= 15 is 0 Å². The van der Waals surface area contributed by atoms with Crippen LogP contribution in [0.4, 0.5) is 0 Å². The number of hydrogen-bond donors (Lipinski definition) is 3. The molecule has 0 radical (unpaired) electrons. The first kappa shape index (κ1) is 27.2. The zero-order valence-electron chi connectivity index (χ0n) is 22.4. The van der Waals surface area contributed by atoms with Crippen LogP contribution >= 0.6 is 15.9 Å². The van der Waals surface area contributed by atoms with Crippen LogP contribution in [-0.2, 0) is 0 Å². The molecule has 9 heteroatoms. The maximum absolute atomic E-state index is 12.1. The van der Waals surface area contributed by atoms with Gasteiger partial charge in [0.15, 0.2) is 0 Å². The van der Waals surface area contributed by atoms with Gasteiger partial charge in [0.05, 0.1) is 38.8 Å². The van der Waals surface area contributed by atoms with Gasteiger partial charge in [0.1, 0.15) is 0 Å². The zero-order chi connectivity index (χ0) is 28.7. The van der Waals surface area contributed by atoms with E-state index < -0.39 is 5.97 Å². The maximum Gasteiger partial charge on any atom is 0.335 e. The Kier molecular flexibility index (Phi) is 7.25. The van der Waals surface area contributed by atoms with Crippen molar-refractivity contribution in [3.8, 4) is 0 Å². The van der Waals surface area contributed by atoms with Gasteiger partial charge in [-0.15, -0.1) is 0 Å². The average molecular weight is 599 g/mol. The number of carboxylic acid groups (broad SMARTS) is 1. The third-order valence-corrected chi connectivity index (χ3v) is 7.29. The first-order valence-corrected chi connectivity index (χ1v) is 13.6. The van der Waals surface area contributed by atoms with Crippen molar-refractivity contribution < 1.29 is 9.90 Å². The molecule has 0 spiro atoms. The Bertz CT molecular complexity index is 2060. The van der Waals surface area contributed by atoms with Crippen LogP contribution in [0.3, 0.4) is 0 Å². The predicted octanol–water partition coefficient (Wildman–Crippen LogP) is 6.86. The van der Waals surface area contributed by atoms with E-state index in [1.807, 2.05) is 38.1 Å². The van der Waals surface area contributed by atoms with Crippen molar-refractivity contribution >= 4 is 65.2 Å². The monoisotopic (exact) mass is 598 g/mol. The number of carboxylic acids is 1. The molecule has 0 saturated heterocycles. The second kappa shape index (κ2) is 10.7. The predicted molar refractivity (Wildman–Crippen MR) is 163 cm³/mol. The van der Waals surface area contributed by atoms with E-state index in [2.05, 4.69) is 49.7 Å². The van der Waals surface area contributed by atoms with Crippen LogP contribution in [0.15, 0.2) is 75.0 Å². The number of pyridine rings is 4. The molecule has 0 aliphatic rings. The summed E-state index contributed by atoms with van der Waals surface area (Å²) >= 11 is 3.47. The van der Waals surface area contributed by atoms with Crippen LogP contribution in [-0.4, -0.2) is 31.0 Å². The SMILES string of the molecule is CC(C)c1nc2cc[nH]c(=O)c2c2cc(Br)ccc12.CC(C)c1nc2cc[nH]c(=O)c2c2cc(C(=O)O)ccc12. The molecule has 6 aromatic rings. The van der Waals surface area contributed by atoms with Gasteiger partial charge in [-0.1, -0.05) is 55.8 Å². The number of carbonyl (C=O) groups is 1. The number of hydrogen-bond acceptors (Lipinski definition) is 5. The van der Waals surface area contributed by atoms with Crippen LogP contribution in [0.5, 0.6) is 0 Å². The molecule has 2 aromatic carbocycles. The van der Waals surface area contributed by atoms with Crippen LogP contribution in [0.1, 0.15) is 61.3 Å². The Balaban J connectivity index is 0.000000162. The molecule has 4 heterocycles. The molecule has 0 unspecified atom stereocenters. The first-order valence-electron chi connectivity index (χ1n) is 12.9. The molecule has 4 aromatic heterocycles. The molecule has 6 rings (SSSR count). The van der Waals surface area contributed by atoms with Crippen molar-refractivity contribution in [2.45, 2.75) is 39.5 Å². The molecule has 202 valence electrons. The molecule has 0 atom stereocenters. The molecule has 0 aliphatic carbocycles. The van der Waals surface area contributed by atoms with E-state index in [0.29, 0.717) is 27.6 Å². The van der Waals surface area contributed by atoms with Crippen LogP contribution in [0.25, 0.3) is 43.4 Å². The number of aromatic nitrogens is 4. The Labute approximate surface area is 237 Å². The molecular weight excluding hydrogens is 572 g/mol. The van der Waals surface area contributed by atoms with Crippen molar-refractivity contribution in [2.75, 3.05) is 0 Å². The Hall–Kier alpha value is -4.37. The number of nitrogens with one attached hydrogen (secondary N) is 2. The third kappa shape index (κ3) is 4.88. The average Bonchev–Trinajstić information content (AvgIpc) is 2.91. The largest absolute Gasteiger partial charge is 0.478 e. The van der Waals surface area contributed by atoms with Gasteiger partial charge in [-0.25, -0.2) is 4.79 Å². The quantitative estimate of drug-likeness (QED) is 0.191. The summed E-state index contributed by atoms with van der Waals surface area (Å²) in [4.78, 5) is 49.9. The van der Waals surface area contributed by atoms with E-state index in [0.717, 1.165) is 37.5 Å². The van der Waals surface area contributed by atoms with Crippen molar-refractivity contribution in [2.24, 2.45) is 0 Å². The minimum atomic E-state index is -1.01. The van der Waals surface area contributed by atoms with Crippen molar-refractivity contribution in [3.63, 3.8) is 0 Å². The molecule has 8 nitrogen and oxygen atoms in total. The Morgan fingerprint density at radius 1 is 0.725 bits per heavy atom. The lowest BCUT2D eigenvalue weighted by atomic mass is 9.97. The second-order valence-corrected chi connectivity index (χ2v) is 11.1. The fourth-order valence-corrected chi connectivity index (χ4v) is 5.32. The lowest BCUT2D eigenvalue weighted by Crippen LogP contribution is -2.08. The highest BCUT2D eigenvalue weighted by Crippen LogP contribution is 2.31. The van der Waals surface area contributed by atoms with Crippen LogP contribution in [0, 0.1) is 0 Å². The molecule has 0 aliphatic heterocycles. The summed E-state index contributed by atoms with van der Waals surface area (Å²) in [5.41, 5.74) is 3.02. The Morgan fingerprint density at radius 3 is 1.68 bits per heavy atom. The van der Waals surface area contributed by atoms with E-state index in [1.165, 1.54) is 0 Å². The van der Waals surface area contributed by atoms with Gasteiger partial charge in [-0.2, -0.15) is 0 Å². The van der Waals surface area contributed by atoms with Gasteiger partial charge in [-0.05, 0) is 59.0 Å². The van der Waals surface area contributed by atoms with E-state index in [9.17, 15) is 14.4 Å². The number of halogens is 1. The summed E-state index contributed by atoms with van der Waals surface area (Å²) in [6.07, 6.45) is 3.19. The van der Waals surface area contributed by atoms with Gasteiger partial charge >= 0.3 is 5.97 Å². The fourth-order valence-electron chi connectivity index (χ4n) is 4.96. The lowest BCUT2D eigenvalue weighted by Gasteiger charge is -2.12. The molecule has 0 saturated carbocycles. The molecular formula is C31H27BrN4O4. The van der Waals surface area contributed by atoms with E-state index in [-0.39, 0.29) is 22.6 Å². The van der Waals surface area contributed by atoms with Gasteiger partial charge in [0.25, 0.3) is 11.1 Å². The summed E-state index contributed by atoms with van der Waals surface area (Å²) in [6, 6.07) is 14.4. The van der Waals surface area contributed by atoms with Crippen molar-refractivity contribution in [1.82, 2.24) is 19.9 Å². The zero-order valence-corrected chi connectivity index (χ0v) is 24.0. The summed E-state index contributed by atoms with van der Waals surface area (Å²) in [6.45, 7) is 8.27. The second-order valence-electron chi connectivity index (χ2n) is 10.2. The number of nitrogens with zero attached hydrogens (tertiary/aromatic N) is 2. The normalized spacial score (nSPS) is 11.5. The number of H-pyrrole nitrogens is 2. The van der Waals surface area contributed by atoms with Gasteiger partial charge in [-0.3, -0.25) is 19.6 Å². The standard InChI is InChI=1S/C16H14N2O3.C15H13BrN2O/c1-8(2)14-10-4-3-9(16(20)21)7-11(10)13-12(18-14)5-6-17-15(13)19;1-8(2)14-10-4-3-9(16)7-11(10)13-12(18-14)5-6-17-15(13)19/h3-8H,1-2H3,(H,17,19)(H,20,21);3-8H,1-2H3,(H,17,19). The number of aromatic amines is 2. The van der Waals surface area contributed by atoms with Crippen molar-refractivity contribution in [1.29, 1.82) is 0 Å². The Morgan fingerprint density at radius 2 is 1.20 bits per heavy atom. The number of aromatic carboxylic acids is 1. The van der Waals surface area contributed by atoms with Gasteiger partial charge in [0, 0.05) is 27.6 Å². The first-order chi connectivity index (χ1) is 19.1. The van der Waals surface area contributed by atoms with Gasteiger partial charge in [0.2, 0.25) is 0 Å². The summed E-state index contributed by atoms with van der Waals surface area (Å²) < 4.78 is 0.963. The number of benzene rings is 2. The highest BCUT2D eigenvalue weighted by atomic mass is 79.9. The van der Waals surface area contributed by atoms with Crippen molar-refractivity contribution in [3.05, 3.63) is 103 Å². The molecule has 40 heavy (non-hydrogen) atoms. The lowest BCUT2D eigenvalue weighted by molar-refractivity contribution is 0.0697. The van der Waals surface area contributed by atoms with Gasteiger partial charge < -0.3 is 15.1 Å². The number of rotatable bonds is 3. The van der Waals surface area contributed by atoms with E-state index in [1.54, 1.807) is 36.7 Å². The molecule has 0 fully saturated rings. The van der Waals surface area contributed by atoms with E-state index in [4.69, 9.17) is 5.11 Å². The molecule has 0 amide bonds. The minimum Gasteiger partial charge on any atom is -0.478 e. The topological polar surface area (TPSA) is 129 Å². The fraction of sp³-hybridized carbons (Fsp3) is 0.194. The number of fused-ring (bicyclic) bond motifs is 6. The summed E-state index contributed by atoms with van der Waals surface area (Å²) in [5.74, 6) is -0.528. The van der Waals surface area contributed by atoms with Crippen LogP contribution < -0.4 is 11.1 Å². The minimum absolute atomic E-state index is 0.0941. The maximum atomic E-state index is 12.1. The highest BCUT2D eigenvalue weighted by molar-refractivity contribution is 9.10. The summed E-state index contributed by atoms with van der Waals surface area (Å²) in [5, 5.41) is 13.7.